The number of aromatic nitrogens is 2. The Bertz CT molecular complexity index is 685. The number of aromatic amines is 1. The summed E-state index contributed by atoms with van der Waals surface area (Å²) in [6.07, 6.45) is 6.90. The predicted octanol–water partition coefficient (Wildman–Crippen LogP) is 3.79. The predicted molar refractivity (Wildman–Crippen MR) is 84.0 cm³/mol. The summed E-state index contributed by atoms with van der Waals surface area (Å²) in [7, 11) is 0. The highest BCUT2D eigenvalue weighted by Crippen LogP contribution is 2.27. The van der Waals surface area contributed by atoms with Crippen LogP contribution in [0.25, 0.3) is 11.0 Å². The van der Waals surface area contributed by atoms with Gasteiger partial charge < -0.3 is 14.7 Å². The fraction of sp³-hybridized carbons (Fsp3) is 0.353. The first kappa shape index (κ1) is 13.9. The molecule has 0 aliphatic rings. The van der Waals surface area contributed by atoms with E-state index in [-0.39, 0.29) is 0 Å². The molecule has 0 atom stereocenters. The van der Waals surface area contributed by atoms with Gasteiger partial charge in [-0.3, -0.25) is 0 Å². The third-order valence-corrected chi connectivity index (χ3v) is 3.71. The lowest BCUT2D eigenvalue weighted by Crippen LogP contribution is -2.13. The molecule has 0 unspecified atom stereocenters. The van der Waals surface area contributed by atoms with Crippen LogP contribution in [0.1, 0.15) is 36.8 Å². The first-order valence-electron chi connectivity index (χ1n) is 7.55. The molecule has 0 saturated carbocycles. The van der Waals surface area contributed by atoms with Gasteiger partial charge >= 0.3 is 0 Å². The molecule has 0 radical (unpaired) electrons. The van der Waals surface area contributed by atoms with Gasteiger partial charge in [0.25, 0.3) is 0 Å². The smallest absolute Gasteiger partial charge is 0.134 e. The van der Waals surface area contributed by atoms with Crippen LogP contribution in [0.3, 0.4) is 0 Å². The zero-order chi connectivity index (χ0) is 14.5. The fourth-order valence-corrected chi connectivity index (χ4v) is 2.59. The second-order valence-electron chi connectivity index (χ2n) is 5.28. The third-order valence-electron chi connectivity index (χ3n) is 3.71. The van der Waals surface area contributed by atoms with Crippen LogP contribution in [-0.4, -0.2) is 9.97 Å². The number of nitrogens with zero attached hydrogens (tertiary/aromatic N) is 1. The Labute approximate surface area is 124 Å². The quantitative estimate of drug-likeness (QED) is 0.693. The van der Waals surface area contributed by atoms with Gasteiger partial charge in [0.15, 0.2) is 0 Å². The summed E-state index contributed by atoms with van der Waals surface area (Å²) in [5.41, 5.74) is 3.37. The van der Waals surface area contributed by atoms with Crippen molar-refractivity contribution in [3.8, 4) is 0 Å². The standard InChI is InChI=1S/C17H21N3O/c1-2-3-7-17-15(11-18-9-13-10-19-12-20-13)14-6-4-5-8-16(14)21-17/h4-6,8,10,12,18H,2-3,7,9,11H2,1H3,(H,19,20). The normalized spacial score (nSPS) is 11.3. The number of aryl methyl sites for hydroxylation is 1. The zero-order valence-electron chi connectivity index (χ0n) is 12.4. The van der Waals surface area contributed by atoms with E-state index in [1.54, 1.807) is 6.33 Å². The highest BCUT2D eigenvalue weighted by Gasteiger charge is 2.13. The Morgan fingerprint density at radius 2 is 2.14 bits per heavy atom. The van der Waals surface area contributed by atoms with E-state index in [1.165, 1.54) is 17.4 Å². The number of fused-ring (bicyclic) bond motifs is 1. The van der Waals surface area contributed by atoms with Gasteiger partial charge in [0.2, 0.25) is 0 Å². The van der Waals surface area contributed by atoms with Crippen molar-refractivity contribution in [2.24, 2.45) is 0 Å². The number of imidazole rings is 1. The Morgan fingerprint density at radius 1 is 1.24 bits per heavy atom. The number of furan rings is 1. The van der Waals surface area contributed by atoms with E-state index in [0.29, 0.717) is 0 Å². The van der Waals surface area contributed by atoms with Crippen molar-refractivity contribution in [2.45, 2.75) is 39.3 Å². The molecule has 0 aliphatic heterocycles. The van der Waals surface area contributed by atoms with Crippen molar-refractivity contribution in [1.29, 1.82) is 0 Å². The summed E-state index contributed by atoms with van der Waals surface area (Å²) in [5.74, 6) is 1.12. The minimum Gasteiger partial charge on any atom is -0.461 e. The molecule has 3 rings (SSSR count). The van der Waals surface area contributed by atoms with Gasteiger partial charge in [-0.15, -0.1) is 0 Å². The van der Waals surface area contributed by atoms with E-state index in [9.17, 15) is 0 Å². The number of hydrogen-bond donors (Lipinski definition) is 2. The molecule has 0 fully saturated rings. The van der Waals surface area contributed by atoms with Gasteiger partial charge in [0.1, 0.15) is 11.3 Å². The highest BCUT2D eigenvalue weighted by atomic mass is 16.3. The Hall–Kier alpha value is -2.07. The Balaban J connectivity index is 1.77. The molecule has 2 aromatic heterocycles. The number of nitrogens with one attached hydrogen (secondary N) is 2. The van der Waals surface area contributed by atoms with Crippen LogP contribution in [0.5, 0.6) is 0 Å². The number of benzene rings is 1. The molecule has 0 amide bonds. The summed E-state index contributed by atoms with van der Waals surface area (Å²) in [5, 5.41) is 4.69. The molecule has 0 bridgehead atoms. The molecular formula is C17H21N3O. The van der Waals surface area contributed by atoms with Crippen molar-refractivity contribution in [3.63, 3.8) is 0 Å². The zero-order valence-corrected chi connectivity index (χ0v) is 12.4. The average Bonchev–Trinajstić information content (AvgIpc) is 3.13. The van der Waals surface area contributed by atoms with Crippen molar-refractivity contribution in [3.05, 3.63) is 53.8 Å². The SMILES string of the molecule is CCCCc1oc2ccccc2c1CNCc1cnc[nH]1. The monoisotopic (exact) mass is 283 g/mol. The Morgan fingerprint density at radius 3 is 2.95 bits per heavy atom. The van der Waals surface area contributed by atoms with Gasteiger partial charge in [-0.2, -0.15) is 0 Å². The second kappa shape index (κ2) is 6.59. The summed E-state index contributed by atoms with van der Waals surface area (Å²) in [4.78, 5) is 7.14. The third kappa shape index (κ3) is 3.16. The molecule has 4 heteroatoms. The number of H-pyrrole nitrogens is 1. The van der Waals surface area contributed by atoms with Crippen LogP contribution in [-0.2, 0) is 19.5 Å². The van der Waals surface area contributed by atoms with Crippen LogP contribution in [0.2, 0.25) is 0 Å². The first-order chi connectivity index (χ1) is 10.4. The van der Waals surface area contributed by atoms with E-state index in [4.69, 9.17) is 4.42 Å². The van der Waals surface area contributed by atoms with E-state index < -0.39 is 0 Å². The number of para-hydroxylation sites is 1. The van der Waals surface area contributed by atoms with Gasteiger partial charge in [0.05, 0.1) is 6.33 Å². The second-order valence-corrected chi connectivity index (χ2v) is 5.28. The van der Waals surface area contributed by atoms with Gasteiger partial charge in [0, 0.05) is 42.4 Å². The average molecular weight is 283 g/mol. The van der Waals surface area contributed by atoms with Gasteiger partial charge in [-0.1, -0.05) is 31.5 Å². The van der Waals surface area contributed by atoms with Crippen LogP contribution < -0.4 is 5.32 Å². The molecule has 1 aromatic carbocycles. The molecule has 3 aromatic rings. The number of rotatable bonds is 7. The van der Waals surface area contributed by atoms with Gasteiger partial charge in [-0.05, 0) is 12.5 Å². The molecule has 2 heterocycles. The minimum absolute atomic E-state index is 0.784. The fourth-order valence-electron chi connectivity index (χ4n) is 2.59. The maximum Gasteiger partial charge on any atom is 0.134 e. The maximum absolute atomic E-state index is 6.03. The molecule has 0 saturated heterocycles. The highest BCUT2D eigenvalue weighted by molar-refractivity contribution is 5.82. The largest absolute Gasteiger partial charge is 0.461 e. The topological polar surface area (TPSA) is 53.9 Å². The van der Waals surface area contributed by atoms with Crippen molar-refractivity contribution in [1.82, 2.24) is 15.3 Å². The lowest BCUT2D eigenvalue weighted by molar-refractivity contribution is 0.524. The lowest BCUT2D eigenvalue weighted by atomic mass is 10.1. The van der Waals surface area contributed by atoms with E-state index in [2.05, 4.69) is 34.3 Å². The van der Waals surface area contributed by atoms with Crippen LogP contribution in [0, 0.1) is 0 Å². The minimum atomic E-state index is 0.784. The van der Waals surface area contributed by atoms with Crippen molar-refractivity contribution < 1.29 is 4.42 Å². The maximum atomic E-state index is 6.03. The molecule has 0 aliphatic carbocycles. The molecule has 110 valence electrons. The van der Waals surface area contributed by atoms with E-state index >= 15 is 0 Å². The van der Waals surface area contributed by atoms with Crippen molar-refractivity contribution in [2.75, 3.05) is 0 Å². The molecular weight excluding hydrogens is 262 g/mol. The summed E-state index contributed by atoms with van der Waals surface area (Å²) < 4.78 is 6.03. The summed E-state index contributed by atoms with van der Waals surface area (Å²) >= 11 is 0. The number of hydrogen-bond acceptors (Lipinski definition) is 3. The molecule has 2 N–H and O–H groups in total. The van der Waals surface area contributed by atoms with Crippen molar-refractivity contribution >= 4 is 11.0 Å². The van der Waals surface area contributed by atoms with Gasteiger partial charge in [-0.25, -0.2) is 4.98 Å². The van der Waals surface area contributed by atoms with Crippen LogP contribution in [0.4, 0.5) is 0 Å². The number of unbranched alkanes of at least 4 members (excludes halogenated alkanes) is 1. The van der Waals surface area contributed by atoms with Crippen LogP contribution >= 0.6 is 0 Å². The lowest BCUT2D eigenvalue weighted by Gasteiger charge is -2.05. The summed E-state index contributed by atoms with van der Waals surface area (Å²) in [6.45, 7) is 3.81. The molecule has 21 heavy (non-hydrogen) atoms. The van der Waals surface area contributed by atoms with E-state index in [1.807, 2.05) is 18.3 Å². The Kier molecular flexibility index (Phi) is 4.36. The molecule has 0 spiro atoms. The van der Waals surface area contributed by atoms with Crippen LogP contribution in [0.15, 0.2) is 41.2 Å². The molecule has 4 nitrogen and oxygen atoms in total. The first-order valence-corrected chi connectivity index (χ1v) is 7.55. The summed E-state index contributed by atoms with van der Waals surface area (Å²) in [6, 6.07) is 8.28. The van der Waals surface area contributed by atoms with E-state index in [0.717, 1.165) is 43.0 Å².